The Balaban J connectivity index is 1.88. The molecular formula is C19H22N2O4. The molecule has 0 aliphatic rings. The summed E-state index contributed by atoms with van der Waals surface area (Å²) in [7, 11) is 3.17. The van der Waals surface area contributed by atoms with Gasteiger partial charge in [-0.15, -0.1) is 0 Å². The van der Waals surface area contributed by atoms with E-state index in [-0.39, 0.29) is 18.2 Å². The van der Waals surface area contributed by atoms with Crippen molar-refractivity contribution in [2.24, 2.45) is 0 Å². The quantitative estimate of drug-likeness (QED) is 0.722. The summed E-state index contributed by atoms with van der Waals surface area (Å²) in [5.41, 5.74) is 2.09. The van der Waals surface area contributed by atoms with Crippen LogP contribution >= 0.6 is 0 Å². The SMILES string of the molecule is COCCNC(=O)Cc1ccc(NC(=O)c2ccc(OC)cc2)cc1. The Kier molecular flexibility index (Phi) is 6.98. The van der Waals surface area contributed by atoms with Crippen LogP contribution in [0.15, 0.2) is 48.5 Å². The van der Waals surface area contributed by atoms with E-state index in [0.29, 0.717) is 30.2 Å². The molecule has 2 N–H and O–H groups in total. The summed E-state index contributed by atoms with van der Waals surface area (Å²) < 4.78 is 9.95. The lowest BCUT2D eigenvalue weighted by atomic mass is 10.1. The minimum absolute atomic E-state index is 0.0629. The smallest absolute Gasteiger partial charge is 0.255 e. The van der Waals surface area contributed by atoms with Crippen molar-refractivity contribution in [3.05, 3.63) is 59.7 Å². The minimum atomic E-state index is -0.201. The van der Waals surface area contributed by atoms with Gasteiger partial charge in [-0.2, -0.15) is 0 Å². The second-order valence-electron chi connectivity index (χ2n) is 5.40. The summed E-state index contributed by atoms with van der Waals surface area (Å²) in [6.07, 6.45) is 0.288. The van der Waals surface area contributed by atoms with Gasteiger partial charge in [0.15, 0.2) is 0 Å². The highest BCUT2D eigenvalue weighted by Gasteiger charge is 2.07. The average molecular weight is 342 g/mol. The standard InChI is InChI=1S/C19H22N2O4/c1-24-12-11-20-18(22)13-14-3-7-16(8-4-14)21-19(23)15-5-9-17(25-2)10-6-15/h3-10H,11-13H2,1-2H3,(H,20,22)(H,21,23). The highest BCUT2D eigenvalue weighted by Crippen LogP contribution is 2.14. The number of hydrogen-bond acceptors (Lipinski definition) is 4. The molecule has 0 heterocycles. The Bertz CT molecular complexity index is 696. The van der Waals surface area contributed by atoms with Crippen LogP contribution in [-0.4, -0.2) is 39.2 Å². The Morgan fingerprint density at radius 2 is 1.64 bits per heavy atom. The largest absolute Gasteiger partial charge is 0.497 e. The number of ether oxygens (including phenoxy) is 2. The minimum Gasteiger partial charge on any atom is -0.497 e. The molecule has 0 atom stereocenters. The predicted molar refractivity (Wildman–Crippen MR) is 96.0 cm³/mol. The maximum atomic E-state index is 12.2. The molecule has 2 amide bonds. The first-order valence-electron chi connectivity index (χ1n) is 7.92. The predicted octanol–water partition coefficient (Wildman–Crippen LogP) is 2.25. The van der Waals surface area contributed by atoms with Crippen molar-refractivity contribution >= 4 is 17.5 Å². The van der Waals surface area contributed by atoms with E-state index in [0.717, 1.165) is 5.56 Å². The highest BCUT2D eigenvalue weighted by atomic mass is 16.5. The van der Waals surface area contributed by atoms with Gasteiger partial charge in [0.05, 0.1) is 20.1 Å². The molecule has 0 aliphatic heterocycles. The van der Waals surface area contributed by atoms with Crippen molar-refractivity contribution < 1.29 is 19.1 Å². The second kappa shape index (κ2) is 9.44. The Morgan fingerprint density at radius 1 is 0.960 bits per heavy atom. The highest BCUT2D eigenvalue weighted by molar-refractivity contribution is 6.04. The summed E-state index contributed by atoms with van der Waals surface area (Å²) in [4.78, 5) is 23.9. The van der Waals surface area contributed by atoms with Gasteiger partial charge in [-0.05, 0) is 42.0 Å². The third-order valence-electron chi connectivity index (χ3n) is 3.56. The number of carbonyl (C=O) groups is 2. The van der Waals surface area contributed by atoms with E-state index in [1.807, 2.05) is 12.1 Å². The van der Waals surface area contributed by atoms with E-state index in [1.165, 1.54) is 0 Å². The van der Waals surface area contributed by atoms with Crippen molar-refractivity contribution in [2.45, 2.75) is 6.42 Å². The fourth-order valence-electron chi connectivity index (χ4n) is 2.19. The lowest BCUT2D eigenvalue weighted by Gasteiger charge is -2.08. The van der Waals surface area contributed by atoms with Gasteiger partial charge in [-0.25, -0.2) is 0 Å². The van der Waals surface area contributed by atoms with Gasteiger partial charge < -0.3 is 20.1 Å². The summed E-state index contributed by atoms with van der Waals surface area (Å²) in [5, 5.41) is 5.59. The molecule has 132 valence electrons. The summed E-state index contributed by atoms with van der Waals surface area (Å²) >= 11 is 0. The maximum Gasteiger partial charge on any atom is 0.255 e. The van der Waals surface area contributed by atoms with Gasteiger partial charge >= 0.3 is 0 Å². The number of nitrogens with one attached hydrogen (secondary N) is 2. The molecule has 0 unspecified atom stereocenters. The van der Waals surface area contributed by atoms with Crippen molar-refractivity contribution in [3.63, 3.8) is 0 Å². The van der Waals surface area contributed by atoms with Gasteiger partial charge in [0.25, 0.3) is 5.91 Å². The third kappa shape index (κ3) is 5.93. The molecule has 0 saturated heterocycles. The number of carbonyl (C=O) groups excluding carboxylic acids is 2. The number of rotatable bonds is 8. The lowest BCUT2D eigenvalue weighted by Crippen LogP contribution is -2.28. The molecule has 0 spiro atoms. The summed E-state index contributed by atoms with van der Waals surface area (Å²) in [6.45, 7) is 0.980. The zero-order valence-corrected chi connectivity index (χ0v) is 14.4. The van der Waals surface area contributed by atoms with Crippen LogP contribution in [0.25, 0.3) is 0 Å². The van der Waals surface area contributed by atoms with E-state index in [9.17, 15) is 9.59 Å². The monoisotopic (exact) mass is 342 g/mol. The average Bonchev–Trinajstić information content (AvgIpc) is 2.63. The fraction of sp³-hybridized carbons (Fsp3) is 0.263. The molecule has 6 heteroatoms. The first-order chi connectivity index (χ1) is 12.1. The molecule has 2 aromatic carbocycles. The van der Waals surface area contributed by atoms with Crippen LogP contribution in [0.1, 0.15) is 15.9 Å². The zero-order valence-electron chi connectivity index (χ0n) is 14.4. The number of methoxy groups -OCH3 is 2. The molecule has 0 bridgehead atoms. The van der Waals surface area contributed by atoms with Crippen molar-refractivity contribution in [1.29, 1.82) is 0 Å². The van der Waals surface area contributed by atoms with Crippen molar-refractivity contribution in [3.8, 4) is 5.75 Å². The van der Waals surface area contributed by atoms with Gasteiger partial charge in [-0.3, -0.25) is 9.59 Å². The molecular weight excluding hydrogens is 320 g/mol. The molecule has 0 aliphatic carbocycles. The lowest BCUT2D eigenvalue weighted by molar-refractivity contribution is -0.120. The molecule has 0 fully saturated rings. The van der Waals surface area contributed by atoms with Crippen LogP contribution in [0, 0.1) is 0 Å². The fourth-order valence-corrected chi connectivity index (χ4v) is 2.19. The number of benzene rings is 2. The van der Waals surface area contributed by atoms with Gasteiger partial charge in [0.1, 0.15) is 5.75 Å². The molecule has 2 aromatic rings. The van der Waals surface area contributed by atoms with E-state index in [2.05, 4.69) is 10.6 Å². The molecule has 0 radical (unpaired) electrons. The number of hydrogen-bond donors (Lipinski definition) is 2. The van der Waals surface area contributed by atoms with Crippen LogP contribution in [0.3, 0.4) is 0 Å². The molecule has 0 saturated carbocycles. The van der Waals surface area contributed by atoms with Crippen molar-refractivity contribution in [1.82, 2.24) is 5.32 Å². The molecule has 25 heavy (non-hydrogen) atoms. The van der Waals surface area contributed by atoms with Gasteiger partial charge in [-0.1, -0.05) is 12.1 Å². The van der Waals surface area contributed by atoms with Crippen LogP contribution in [0.4, 0.5) is 5.69 Å². The van der Waals surface area contributed by atoms with E-state index < -0.39 is 0 Å². The van der Waals surface area contributed by atoms with Crippen LogP contribution in [-0.2, 0) is 16.0 Å². The first kappa shape index (κ1) is 18.5. The van der Waals surface area contributed by atoms with Gasteiger partial charge in [0.2, 0.25) is 5.91 Å². The van der Waals surface area contributed by atoms with Crippen molar-refractivity contribution in [2.75, 3.05) is 32.7 Å². The number of amides is 2. The van der Waals surface area contributed by atoms with Crippen LogP contribution in [0.2, 0.25) is 0 Å². The zero-order chi connectivity index (χ0) is 18.1. The summed E-state index contributed by atoms with van der Waals surface area (Å²) in [5.74, 6) is 0.435. The van der Waals surface area contributed by atoms with E-state index >= 15 is 0 Å². The summed E-state index contributed by atoms with van der Waals surface area (Å²) in [6, 6.07) is 14.1. The normalized spacial score (nSPS) is 10.2. The Labute approximate surface area is 147 Å². The topological polar surface area (TPSA) is 76.7 Å². The number of anilines is 1. The molecule has 2 rings (SSSR count). The van der Waals surface area contributed by atoms with Gasteiger partial charge in [0, 0.05) is 24.9 Å². The maximum absolute atomic E-state index is 12.2. The van der Waals surface area contributed by atoms with E-state index in [4.69, 9.17) is 9.47 Å². The third-order valence-corrected chi connectivity index (χ3v) is 3.56. The van der Waals surface area contributed by atoms with Crippen LogP contribution in [0.5, 0.6) is 5.75 Å². The Morgan fingerprint density at radius 3 is 2.24 bits per heavy atom. The first-order valence-corrected chi connectivity index (χ1v) is 7.92. The Hall–Kier alpha value is -2.86. The molecule has 0 aromatic heterocycles. The van der Waals surface area contributed by atoms with E-state index in [1.54, 1.807) is 50.6 Å². The second-order valence-corrected chi connectivity index (χ2v) is 5.40. The van der Waals surface area contributed by atoms with Crippen LogP contribution < -0.4 is 15.4 Å². The molecule has 6 nitrogen and oxygen atoms in total.